The monoisotopic (exact) mass is 446 g/mol. The number of alkyl halides is 1. The van der Waals surface area contributed by atoms with Crippen LogP contribution in [0.2, 0.25) is 0 Å². The molecule has 8 heteroatoms. The van der Waals surface area contributed by atoms with Gasteiger partial charge in [0.15, 0.2) is 12.2 Å². The highest BCUT2D eigenvalue weighted by atomic mass is 19.2. The number of carbonyl (C=O) groups excluding carboxylic acids is 2. The van der Waals surface area contributed by atoms with Crippen molar-refractivity contribution in [1.29, 1.82) is 0 Å². The van der Waals surface area contributed by atoms with Crippen LogP contribution in [0.25, 0.3) is 0 Å². The minimum Gasteiger partial charge on any atom is -0.452 e. The molecule has 4 atom stereocenters. The zero-order valence-electron chi connectivity index (χ0n) is 18.3. The van der Waals surface area contributed by atoms with Crippen molar-refractivity contribution in [2.45, 2.75) is 57.8 Å². The fourth-order valence-corrected chi connectivity index (χ4v) is 3.63. The van der Waals surface area contributed by atoms with Crippen LogP contribution in [0.5, 0.6) is 0 Å². The lowest BCUT2D eigenvalue weighted by Gasteiger charge is -2.29. The fourth-order valence-electron chi connectivity index (χ4n) is 3.63. The average Bonchev–Trinajstić information content (AvgIpc) is 2.93. The predicted octanol–water partition coefficient (Wildman–Crippen LogP) is 3.70. The van der Waals surface area contributed by atoms with E-state index in [1.165, 1.54) is 13.8 Å². The van der Waals surface area contributed by atoms with Crippen molar-refractivity contribution < 1.29 is 37.7 Å². The van der Waals surface area contributed by atoms with E-state index in [0.29, 0.717) is 0 Å². The molecule has 2 aromatic rings. The summed E-state index contributed by atoms with van der Waals surface area (Å²) in [6.45, 7) is 3.28. The molecule has 0 aromatic heterocycles. The lowest BCUT2D eigenvalue weighted by molar-refractivity contribution is -0.294. The van der Waals surface area contributed by atoms with Gasteiger partial charge in [0.1, 0.15) is 6.61 Å². The highest BCUT2D eigenvalue weighted by Gasteiger charge is 2.66. The van der Waals surface area contributed by atoms with Crippen molar-refractivity contribution in [3.05, 3.63) is 71.8 Å². The number of hydrogen-bond donors (Lipinski definition) is 0. The summed E-state index contributed by atoms with van der Waals surface area (Å²) in [7, 11) is 0. The van der Waals surface area contributed by atoms with Crippen LogP contribution in [0, 0.1) is 0 Å². The van der Waals surface area contributed by atoms with Crippen LogP contribution >= 0.6 is 0 Å². The van der Waals surface area contributed by atoms with E-state index in [4.69, 9.17) is 23.7 Å². The molecule has 0 saturated carbocycles. The maximum absolute atomic E-state index is 16.2. The van der Waals surface area contributed by atoms with Crippen LogP contribution in [-0.4, -0.2) is 42.4 Å². The molecule has 1 aliphatic rings. The first-order valence-electron chi connectivity index (χ1n) is 10.2. The van der Waals surface area contributed by atoms with E-state index in [1.807, 2.05) is 60.7 Å². The Morgan fingerprint density at radius 2 is 1.47 bits per heavy atom. The Labute approximate surface area is 186 Å². The molecule has 1 aliphatic heterocycles. The van der Waals surface area contributed by atoms with Crippen molar-refractivity contribution >= 4 is 11.9 Å². The molecule has 2 aromatic carbocycles. The minimum absolute atomic E-state index is 0.0210. The van der Waals surface area contributed by atoms with Gasteiger partial charge in [-0.2, -0.15) is 0 Å². The van der Waals surface area contributed by atoms with Gasteiger partial charge in [0, 0.05) is 20.8 Å². The first kappa shape index (κ1) is 23.8. The van der Waals surface area contributed by atoms with Gasteiger partial charge in [-0.05, 0) is 11.1 Å². The van der Waals surface area contributed by atoms with E-state index in [0.717, 1.165) is 18.1 Å². The van der Waals surface area contributed by atoms with Crippen molar-refractivity contribution in [3.8, 4) is 0 Å². The molecule has 0 radical (unpaired) electrons. The SMILES string of the molecule is CC(=O)O[C@@H]1[C@H](OCc2ccccc2)[C@@](F)(COCc2ccccc2)OC1(C)OC(C)=O. The van der Waals surface area contributed by atoms with Crippen LogP contribution in [0.4, 0.5) is 4.39 Å². The van der Waals surface area contributed by atoms with Gasteiger partial charge in [-0.15, -0.1) is 0 Å². The lowest BCUT2D eigenvalue weighted by Crippen LogP contribution is -2.48. The summed E-state index contributed by atoms with van der Waals surface area (Å²) in [5.74, 6) is -5.86. The topological polar surface area (TPSA) is 80.3 Å². The maximum Gasteiger partial charge on any atom is 0.305 e. The van der Waals surface area contributed by atoms with E-state index < -0.39 is 42.4 Å². The zero-order chi connectivity index (χ0) is 23.2. The van der Waals surface area contributed by atoms with Crippen LogP contribution in [0.15, 0.2) is 60.7 Å². The molecule has 0 amide bonds. The summed E-state index contributed by atoms with van der Waals surface area (Å²) in [6.07, 6.45) is -2.76. The van der Waals surface area contributed by atoms with E-state index in [9.17, 15) is 9.59 Å². The molecule has 0 N–H and O–H groups in total. The molecule has 7 nitrogen and oxygen atoms in total. The van der Waals surface area contributed by atoms with E-state index in [2.05, 4.69) is 0 Å². The van der Waals surface area contributed by atoms with Gasteiger partial charge in [-0.25, -0.2) is 4.39 Å². The first-order chi connectivity index (χ1) is 15.2. The van der Waals surface area contributed by atoms with Crippen molar-refractivity contribution in [2.75, 3.05) is 6.61 Å². The average molecular weight is 446 g/mol. The smallest absolute Gasteiger partial charge is 0.305 e. The van der Waals surface area contributed by atoms with E-state index in [1.54, 1.807) is 0 Å². The van der Waals surface area contributed by atoms with Crippen molar-refractivity contribution in [2.24, 2.45) is 0 Å². The largest absolute Gasteiger partial charge is 0.452 e. The molecular weight excluding hydrogens is 419 g/mol. The Morgan fingerprint density at radius 1 is 0.906 bits per heavy atom. The van der Waals surface area contributed by atoms with Gasteiger partial charge in [0.25, 0.3) is 11.6 Å². The summed E-state index contributed by atoms with van der Waals surface area (Å²) >= 11 is 0. The Hall–Kier alpha value is -2.81. The maximum atomic E-state index is 16.2. The van der Waals surface area contributed by atoms with Crippen LogP contribution < -0.4 is 0 Å². The highest BCUT2D eigenvalue weighted by molar-refractivity contribution is 5.67. The summed E-state index contributed by atoms with van der Waals surface area (Å²) in [4.78, 5) is 23.5. The Bertz CT molecular complexity index is 907. The normalized spacial score (nSPS) is 27.1. The third kappa shape index (κ3) is 5.91. The summed E-state index contributed by atoms with van der Waals surface area (Å²) < 4.78 is 43.7. The number of esters is 2. The van der Waals surface area contributed by atoms with Crippen molar-refractivity contribution in [1.82, 2.24) is 0 Å². The minimum atomic E-state index is -2.55. The standard InChI is InChI=1S/C24H27FO7/c1-17(26)30-21-22(29-15-20-12-8-5-9-13-20)24(25,32-23(21,3)31-18(2)27)16-28-14-19-10-6-4-7-11-19/h4-13,21-22H,14-16H2,1-3H3/t21-,22+,23?,24-/m1/s1. The Balaban J connectivity index is 1.83. The number of hydrogen-bond acceptors (Lipinski definition) is 7. The predicted molar refractivity (Wildman–Crippen MR) is 112 cm³/mol. The number of ether oxygens (including phenoxy) is 5. The lowest BCUT2D eigenvalue weighted by atomic mass is 10.0. The van der Waals surface area contributed by atoms with Gasteiger partial charge in [0.2, 0.25) is 0 Å². The van der Waals surface area contributed by atoms with Crippen molar-refractivity contribution in [3.63, 3.8) is 0 Å². The second-order valence-corrected chi connectivity index (χ2v) is 7.72. The summed E-state index contributed by atoms with van der Waals surface area (Å²) in [5, 5.41) is 0. The van der Waals surface area contributed by atoms with Gasteiger partial charge >= 0.3 is 11.9 Å². The molecule has 172 valence electrons. The molecule has 3 rings (SSSR count). The first-order valence-corrected chi connectivity index (χ1v) is 10.2. The zero-order valence-corrected chi connectivity index (χ0v) is 18.3. The third-order valence-corrected chi connectivity index (χ3v) is 4.91. The van der Waals surface area contributed by atoms with Crippen LogP contribution in [0.1, 0.15) is 31.9 Å². The number of benzene rings is 2. The molecule has 32 heavy (non-hydrogen) atoms. The summed E-state index contributed by atoms with van der Waals surface area (Å²) in [6, 6.07) is 18.3. The van der Waals surface area contributed by atoms with Gasteiger partial charge < -0.3 is 18.9 Å². The molecule has 1 saturated heterocycles. The second kappa shape index (κ2) is 10.2. The second-order valence-electron chi connectivity index (χ2n) is 7.72. The molecule has 0 aliphatic carbocycles. The molecule has 0 spiro atoms. The number of halogens is 1. The molecule has 1 unspecified atom stereocenters. The third-order valence-electron chi connectivity index (χ3n) is 4.91. The quantitative estimate of drug-likeness (QED) is 0.544. The van der Waals surface area contributed by atoms with E-state index in [-0.39, 0.29) is 13.2 Å². The molecule has 1 heterocycles. The molecular formula is C24H27FO7. The number of rotatable bonds is 9. The Morgan fingerprint density at radius 3 is 2.00 bits per heavy atom. The number of carbonyl (C=O) groups is 2. The Kier molecular flexibility index (Phi) is 7.60. The van der Waals surface area contributed by atoms with Crippen LogP contribution in [-0.2, 0) is 46.5 Å². The molecule has 1 fully saturated rings. The summed E-state index contributed by atoms with van der Waals surface area (Å²) in [5.41, 5.74) is 1.62. The van der Waals surface area contributed by atoms with Gasteiger partial charge in [-0.3, -0.25) is 14.3 Å². The van der Waals surface area contributed by atoms with E-state index >= 15 is 4.39 Å². The van der Waals surface area contributed by atoms with Gasteiger partial charge in [0.05, 0.1) is 13.2 Å². The van der Waals surface area contributed by atoms with Crippen LogP contribution in [0.3, 0.4) is 0 Å². The fraction of sp³-hybridized carbons (Fsp3) is 0.417. The van der Waals surface area contributed by atoms with Gasteiger partial charge in [-0.1, -0.05) is 60.7 Å². The highest BCUT2D eigenvalue weighted by Crippen LogP contribution is 2.44. The molecule has 0 bridgehead atoms.